The zero-order valence-electron chi connectivity index (χ0n) is 18.5. The van der Waals surface area contributed by atoms with E-state index in [9.17, 15) is 17.6 Å². The van der Waals surface area contributed by atoms with E-state index in [1.165, 1.54) is 36.4 Å². The van der Waals surface area contributed by atoms with Gasteiger partial charge in [0, 0.05) is 6.04 Å². The van der Waals surface area contributed by atoms with Crippen molar-refractivity contribution in [2.75, 3.05) is 11.9 Å². The molecule has 0 saturated heterocycles. The second-order valence-electron chi connectivity index (χ2n) is 7.57. The van der Waals surface area contributed by atoms with Crippen LogP contribution in [0.25, 0.3) is 0 Å². The fourth-order valence-corrected chi connectivity index (χ4v) is 4.61. The number of rotatable bonds is 10. The number of nitrogens with one attached hydrogen (secondary N) is 2. The van der Waals surface area contributed by atoms with E-state index in [0.717, 1.165) is 12.0 Å². The Bertz CT molecular complexity index is 1200. The van der Waals surface area contributed by atoms with E-state index < -0.39 is 21.7 Å². The molecule has 6 nitrogen and oxygen atoms in total. The number of halogens is 1. The molecule has 33 heavy (non-hydrogen) atoms. The van der Waals surface area contributed by atoms with Crippen molar-refractivity contribution in [3.63, 3.8) is 0 Å². The minimum atomic E-state index is -3.86. The monoisotopic (exact) mass is 470 g/mol. The standard InChI is InChI=1S/C25H27FN2O4S/c1-3-32-24-16-15-20(17-23(24)27-25(29)21-11-7-8-12-22(21)26)33(30,31)28-18(2)13-14-19-9-5-4-6-10-19/h4-12,15-18,28H,3,13-14H2,1-2H3,(H,27,29)/t18-/m0/s1. The molecule has 0 spiro atoms. The summed E-state index contributed by atoms with van der Waals surface area (Å²) in [5, 5.41) is 2.57. The smallest absolute Gasteiger partial charge is 0.258 e. The fraction of sp³-hybridized carbons (Fsp3) is 0.240. The van der Waals surface area contributed by atoms with E-state index in [0.29, 0.717) is 18.8 Å². The summed E-state index contributed by atoms with van der Waals surface area (Å²) in [5.41, 5.74) is 1.12. The van der Waals surface area contributed by atoms with Crippen LogP contribution in [-0.2, 0) is 16.4 Å². The summed E-state index contributed by atoms with van der Waals surface area (Å²) < 4.78 is 48.1. The van der Waals surface area contributed by atoms with E-state index in [1.54, 1.807) is 19.9 Å². The molecular weight excluding hydrogens is 443 g/mol. The van der Waals surface area contributed by atoms with Crippen LogP contribution in [0.3, 0.4) is 0 Å². The molecule has 0 radical (unpaired) electrons. The van der Waals surface area contributed by atoms with Gasteiger partial charge in [0.15, 0.2) is 0 Å². The van der Waals surface area contributed by atoms with Crippen molar-refractivity contribution in [2.45, 2.75) is 37.6 Å². The third-order valence-electron chi connectivity index (χ3n) is 4.99. The SMILES string of the molecule is CCOc1ccc(S(=O)(=O)N[C@@H](C)CCc2ccccc2)cc1NC(=O)c1ccccc1F. The molecule has 0 aliphatic carbocycles. The highest BCUT2D eigenvalue weighted by atomic mass is 32.2. The zero-order valence-corrected chi connectivity index (χ0v) is 19.4. The minimum Gasteiger partial charge on any atom is -0.492 e. The lowest BCUT2D eigenvalue weighted by Gasteiger charge is -2.17. The highest BCUT2D eigenvalue weighted by Gasteiger charge is 2.21. The molecule has 0 bridgehead atoms. The Morgan fingerprint density at radius 2 is 1.73 bits per heavy atom. The second kappa shape index (κ2) is 11.1. The van der Waals surface area contributed by atoms with Crippen molar-refractivity contribution in [3.8, 4) is 5.75 Å². The van der Waals surface area contributed by atoms with Crippen molar-refractivity contribution in [1.82, 2.24) is 4.72 Å². The van der Waals surface area contributed by atoms with Gasteiger partial charge in [-0.2, -0.15) is 0 Å². The average molecular weight is 471 g/mol. The molecular formula is C25H27FN2O4S. The molecule has 8 heteroatoms. The maximum atomic E-state index is 14.0. The summed E-state index contributed by atoms with van der Waals surface area (Å²) in [6.45, 7) is 3.88. The van der Waals surface area contributed by atoms with Crippen LogP contribution in [0.1, 0.15) is 36.2 Å². The molecule has 0 aromatic heterocycles. The molecule has 0 fully saturated rings. The summed E-state index contributed by atoms with van der Waals surface area (Å²) in [6.07, 6.45) is 1.36. The average Bonchev–Trinajstić information content (AvgIpc) is 2.79. The number of hydrogen-bond acceptors (Lipinski definition) is 4. The Kier molecular flexibility index (Phi) is 8.19. The van der Waals surface area contributed by atoms with Gasteiger partial charge in [-0.1, -0.05) is 42.5 Å². The first-order valence-electron chi connectivity index (χ1n) is 10.7. The molecule has 3 rings (SSSR count). The van der Waals surface area contributed by atoms with Gasteiger partial charge in [0.25, 0.3) is 5.91 Å². The van der Waals surface area contributed by atoms with Crippen LogP contribution in [0.5, 0.6) is 5.75 Å². The van der Waals surface area contributed by atoms with Gasteiger partial charge in [-0.15, -0.1) is 0 Å². The van der Waals surface area contributed by atoms with Gasteiger partial charge in [-0.25, -0.2) is 17.5 Å². The number of carbonyl (C=O) groups is 1. The van der Waals surface area contributed by atoms with Gasteiger partial charge >= 0.3 is 0 Å². The van der Waals surface area contributed by atoms with Gasteiger partial charge in [-0.3, -0.25) is 4.79 Å². The molecule has 3 aromatic rings. The van der Waals surface area contributed by atoms with Gasteiger partial charge in [0.2, 0.25) is 10.0 Å². The molecule has 2 N–H and O–H groups in total. The van der Waals surface area contributed by atoms with E-state index in [1.807, 2.05) is 30.3 Å². The molecule has 0 unspecified atom stereocenters. The Labute approximate surface area is 193 Å². The van der Waals surface area contributed by atoms with E-state index in [-0.39, 0.29) is 22.2 Å². The van der Waals surface area contributed by atoms with Crippen molar-refractivity contribution < 1.29 is 22.3 Å². The van der Waals surface area contributed by atoms with Crippen molar-refractivity contribution >= 4 is 21.6 Å². The summed E-state index contributed by atoms with van der Waals surface area (Å²) >= 11 is 0. The first-order valence-corrected chi connectivity index (χ1v) is 12.2. The number of carbonyl (C=O) groups excluding carboxylic acids is 1. The van der Waals surface area contributed by atoms with E-state index in [4.69, 9.17) is 4.74 Å². The van der Waals surface area contributed by atoms with Crippen LogP contribution in [-0.4, -0.2) is 27.0 Å². The number of amides is 1. The largest absolute Gasteiger partial charge is 0.492 e. The normalized spacial score (nSPS) is 12.2. The van der Waals surface area contributed by atoms with Crippen molar-refractivity contribution in [2.24, 2.45) is 0 Å². The molecule has 174 valence electrons. The van der Waals surface area contributed by atoms with Crippen molar-refractivity contribution in [3.05, 3.63) is 89.7 Å². The lowest BCUT2D eigenvalue weighted by molar-refractivity contribution is 0.102. The zero-order chi connectivity index (χ0) is 23.8. The number of hydrogen-bond donors (Lipinski definition) is 2. The molecule has 0 aliphatic heterocycles. The van der Waals surface area contributed by atoms with Gasteiger partial charge < -0.3 is 10.1 Å². The molecule has 0 aliphatic rings. The quantitative estimate of drug-likeness (QED) is 0.447. The van der Waals surface area contributed by atoms with Crippen LogP contribution in [0.2, 0.25) is 0 Å². The predicted octanol–water partition coefficient (Wildman–Crippen LogP) is 4.78. The first-order chi connectivity index (χ1) is 15.8. The number of anilines is 1. The fourth-order valence-electron chi connectivity index (χ4n) is 3.31. The first kappa shape index (κ1) is 24.4. The molecule has 1 atom stereocenters. The number of ether oxygens (including phenoxy) is 1. The highest BCUT2D eigenvalue weighted by Crippen LogP contribution is 2.29. The second-order valence-corrected chi connectivity index (χ2v) is 9.29. The Morgan fingerprint density at radius 3 is 2.42 bits per heavy atom. The van der Waals surface area contributed by atoms with Crippen LogP contribution >= 0.6 is 0 Å². The number of aryl methyl sites for hydroxylation is 1. The molecule has 0 saturated carbocycles. The Balaban J connectivity index is 1.77. The minimum absolute atomic E-state index is 0.0265. The van der Waals surface area contributed by atoms with Gasteiger partial charge in [0.05, 0.1) is 22.8 Å². The molecule has 3 aromatic carbocycles. The van der Waals surface area contributed by atoms with Crippen molar-refractivity contribution in [1.29, 1.82) is 0 Å². The van der Waals surface area contributed by atoms with E-state index in [2.05, 4.69) is 10.0 Å². The molecule has 1 amide bonds. The number of benzene rings is 3. The van der Waals surface area contributed by atoms with Crippen LogP contribution in [0.4, 0.5) is 10.1 Å². The molecule has 0 heterocycles. The van der Waals surface area contributed by atoms with E-state index >= 15 is 0 Å². The van der Waals surface area contributed by atoms with Crippen LogP contribution < -0.4 is 14.8 Å². The lowest BCUT2D eigenvalue weighted by Crippen LogP contribution is -2.33. The summed E-state index contributed by atoms with van der Waals surface area (Å²) in [6, 6.07) is 19.3. The predicted molar refractivity (Wildman–Crippen MR) is 127 cm³/mol. The lowest BCUT2D eigenvalue weighted by atomic mass is 10.1. The Morgan fingerprint density at radius 1 is 1.03 bits per heavy atom. The Hall–Kier alpha value is -3.23. The van der Waals surface area contributed by atoms with Gasteiger partial charge in [-0.05, 0) is 62.6 Å². The van der Waals surface area contributed by atoms with Crippen LogP contribution in [0, 0.1) is 5.82 Å². The number of sulfonamides is 1. The third kappa shape index (κ3) is 6.63. The third-order valence-corrected chi connectivity index (χ3v) is 6.58. The van der Waals surface area contributed by atoms with Crippen LogP contribution in [0.15, 0.2) is 77.7 Å². The summed E-state index contributed by atoms with van der Waals surface area (Å²) in [7, 11) is -3.86. The topological polar surface area (TPSA) is 84.5 Å². The maximum absolute atomic E-state index is 14.0. The van der Waals surface area contributed by atoms with Gasteiger partial charge in [0.1, 0.15) is 11.6 Å². The summed E-state index contributed by atoms with van der Waals surface area (Å²) in [5.74, 6) is -1.09. The highest BCUT2D eigenvalue weighted by molar-refractivity contribution is 7.89. The maximum Gasteiger partial charge on any atom is 0.258 e. The summed E-state index contributed by atoms with van der Waals surface area (Å²) in [4.78, 5) is 12.6.